The SMILES string of the molecule is Cc1c2c(c(CC(C)(C)C)c3ccccc13)Sc1cc3c(CC(C)(C)C)ccc(C)c3c3cc[n+](C)c-2c13. The third-order valence-corrected chi connectivity index (χ3v) is 9.26. The van der Waals surface area contributed by atoms with E-state index >= 15 is 0 Å². The van der Waals surface area contributed by atoms with Crippen molar-refractivity contribution in [2.24, 2.45) is 17.9 Å². The molecule has 4 aromatic carbocycles. The van der Waals surface area contributed by atoms with Crippen molar-refractivity contribution in [3.63, 3.8) is 0 Å². The van der Waals surface area contributed by atoms with Gasteiger partial charge >= 0.3 is 0 Å². The largest absolute Gasteiger partial charge is 0.222 e. The van der Waals surface area contributed by atoms with E-state index in [0.717, 1.165) is 12.8 Å². The molecule has 0 fully saturated rings. The number of rotatable bonds is 2. The molecule has 0 N–H and O–H groups in total. The standard InChI is InChI=1S/C36H40NS/c1-21-14-15-23(19-35(3,4)5)27-18-29-32-26(30(21)27)16-17-37(9)33(32)31-22(2)24-12-10-11-13-25(24)28(34(31)38-29)20-36(6,7)8/h10-18H,19-20H2,1-9H3/q+1. The Morgan fingerprint density at radius 3 is 2.11 bits per heavy atom. The second-order valence-corrected chi connectivity index (χ2v) is 14.9. The molecule has 1 aromatic heterocycles. The minimum atomic E-state index is 0.196. The maximum absolute atomic E-state index is 2.52. The molecule has 0 spiro atoms. The lowest BCUT2D eigenvalue weighted by atomic mass is 9.82. The molecule has 1 aliphatic rings. The van der Waals surface area contributed by atoms with E-state index in [1.807, 2.05) is 11.8 Å². The lowest BCUT2D eigenvalue weighted by Gasteiger charge is -2.28. The van der Waals surface area contributed by atoms with Crippen molar-refractivity contribution in [1.82, 2.24) is 0 Å². The quantitative estimate of drug-likeness (QED) is 0.163. The summed E-state index contributed by atoms with van der Waals surface area (Å²) in [6, 6.07) is 18.6. The number of nitrogens with zero attached hydrogens (tertiary/aromatic N) is 1. The van der Waals surface area contributed by atoms with Crippen LogP contribution in [0.1, 0.15) is 63.8 Å². The number of aryl methyl sites for hydroxylation is 3. The minimum absolute atomic E-state index is 0.196. The highest BCUT2D eigenvalue weighted by Gasteiger charge is 2.33. The molecule has 194 valence electrons. The first kappa shape index (κ1) is 25.4. The second kappa shape index (κ2) is 8.58. The van der Waals surface area contributed by atoms with Gasteiger partial charge in [0.05, 0.1) is 10.9 Å². The van der Waals surface area contributed by atoms with Crippen LogP contribution < -0.4 is 4.57 Å². The van der Waals surface area contributed by atoms with Crippen molar-refractivity contribution in [3.8, 4) is 11.3 Å². The van der Waals surface area contributed by atoms with E-state index in [-0.39, 0.29) is 10.8 Å². The highest BCUT2D eigenvalue weighted by molar-refractivity contribution is 8.00. The van der Waals surface area contributed by atoms with Gasteiger partial charge < -0.3 is 0 Å². The van der Waals surface area contributed by atoms with Gasteiger partial charge in [-0.25, -0.2) is 4.57 Å². The number of aromatic nitrogens is 1. The first-order chi connectivity index (χ1) is 17.8. The molecule has 1 aliphatic heterocycles. The third kappa shape index (κ3) is 4.04. The molecule has 2 heterocycles. The van der Waals surface area contributed by atoms with E-state index in [2.05, 4.69) is 122 Å². The Labute approximate surface area is 232 Å². The maximum atomic E-state index is 2.52. The Balaban J connectivity index is 1.78. The predicted molar refractivity (Wildman–Crippen MR) is 165 cm³/mol. The predicted octanol–water partition coefficient (Wildman–Crippen LogP) is 9.90. The van der Waals surface area contributed by atoms with Crippen LogP contribution in [0.4, 0.5) is 0 Å². The molecule has 0 aliphatic carbocycles. The molecule has 0 bridgehead atoms. The second-order valence-electron chi connectivity index (χ2n) is 13.8. The molecule has 1 nitrogen and oxygen atoms in total. The highest BCUT2D eigenvalue weighted by atomic mass is 32.2. The minimum Gasteiger partial charge on any atom is -0.200 e. The Kier molecular flexibility index (Phi) is 5.74. The Hall–Kier alpha value is -2.84. The number of fused-ring (bicyclic) bond motifs is 5. The van der Waals surface area contributed by atoms with Crippen LogP contribution in [0.2, 0.25) is 0 Å². The van der Waals surface area contributed by atoms with Crippen LogP contribution >= 0.6 is 11.8 Å². The summed E-state index contributed by atoms with van der Waals surface area (Å²) in [7, 11) is 2.23. The zero-order chi connectivity index (χ0) is 27.1. The Morgan fingerprint density at radius 1 is 0.737 bits per heavy atom. The van der Waals surface area contributed by atoms with E-state index in [1.165, 1.54) is 75.6 Å². The summed E-state index contributed by atoms with van der Waals surface area (Å²) < 4.78 is 2.37. The van der Waals surface area contributed by atoms with Gasteiger partial charge in [-0.1, -0.05) is 89.7 Å². The monoisotopic (exact) mass is 518 g/mol. The summed E-state index contributed by atoms with van der Waals surface area (Å²) >= 11 is 2.01. The van der Waals surface area contributed by atoms with Crippen LogP contribution in [0.25, 0.3) is 43.6 Å². The Morgan fingerprint density at radius 2 is 1.42 bits per heavy atom. The number of hydrogen-bond donors (Lipinski definition) is 0. The van der Waals surface area contributed by atoms with Crippen molar-refractivity contribution in [3.05, 3.63) is 77.0 Å². The molecule has 0 saturated carbocycles. The van der Waals surface area contributed by atoms with E-state index in [1.54, 1.807) is 0 Å². The van der Waals surface area contributed by atoms with Gasteiger partial charge in [0.15, 0.2) is 6.20 Å². The first-order valence-electron chi connectivity index (χ1n) is 13.9. The lowest BCUT2D eigenvalue weighted by Crippen LogP contribution is -2.32. The molecule has 5 aromatic rings. The summed E-state index contributed by atoms with van der Waals surface area (Å²) in [5.74, 6) is 0. The van der Waals surface area contributed by atoms with Crippen LogP contribution in [0, 0.1) is 24.7 Å². The first-order valence-corrected chi connectivity index (χ1v) is 14.8. The van der Waals surface area contributed by atoms with Crippen LogP contribution in [0.5, 0.6) is 0 Å². The smallest absolute Gasteiger partial charge is 0.200 e. The summed E-state index contributed by atoms with van der Waals surface area (Å²) in [6.45, 7) is 18.8. The molecule has 38 heavy (non-hydrogen) atoms. The highest BCUT2D eigenvalue weighted by Crippen LogP contribution is 2.54. The van der Waals surface area contributed by atoms with Gasteiger partial charge in [-0.05, 0) is 87.4 Å². The zero-order valence-corrected chi connectivity index (χ0v) is 25.3. The molecule has 0 saturated heterocycles. The fourth-order valence-corrected chi connectivity index (χ4v) is 7.94. The van der Waals surface area contributed by atoms with Crippen LogP contribution in [0.3, 0.4) is 0 Å². The van der Waals surface area contributed by atoms with Gasteiger partial charge in [0, 0.05) is 21.2 Å². The van der Waals surface area contributed by atoms with E-state index < -0.39 is 0 Å². The molecule has 0 unspecified atom stereocenters. The van der Waals surface area contributed by atoms with Crippen molar-refractivity contribution < 1.29 is 4.57 Å². The number of pyridine rings is 1. The molecule has 0 atom stereocenters. The van der Waals surface area contributed by atoms with E-state index in [4.69, 9.17) is 0 Å². The average Bonchev–Trinajstić information content (AvgIpc) is 2.83. The van der Waals surface area contributed by atoms with Gasteiger partial charge in [0.25, 0.3) is 0 Å². The lowest BCUT2D eigenvalue weighted by molar-refractivity contribution is -0.659. The van der Waals surface area contributed by atoms with Gasteiger partial charge in [0.2, 0.25) is 5.69 Å². The summed E-state index contributed by atoms with van der Waals surface area (Å²) in [5, 5.41) is 8.45. The third-order valence-electron chi connectivity index (χ3n) is 8.07. The number of benzene rings is 4. The topological polar surface area (TPSA) is 3.88 Å². The average molecular weight is 519 g/mol. The van der Waals surface area contributed by atoms with Gasteiger partial charge in [-0.15, -0.1) is 0 Å². The van der Waals surface area contributed by atoms with Crippen molar-refractivity contribution in [1.29, 1.82) is 0 Å². The van der Waals surface area contributed by atoms with Crippen LogP contribution in [0.15, 0.2) is 64.5 Å². The summed E-state index contributed by atoms with van der Waals surface area (Å²) in [6.07, 6.45) is 4.41. The van der Waals surface area contributed by atoms with Gasteiger partial charge in [-0.3, -0.25) is 0 Å². The normalized spacial score (nSPS) is 13.5. The number of hydrogen-bond acceptors (Lipinski definition) is 1. The van der Waals surface area contributed by atoms with E-state index in [0.29, 0.717) is 0 Å². The molecule has 0 radical (unpaired) electrons. The zero-order valence-electron chi connectivity index (χ0n) is 24.5. The van der Waals surface area contributed by atoms with Crippen molar-refractivity contribution >= 4 is 44.1 Å². The molecular formula is C36H40NS+. The maximum Gasteiger partial charge on any atom is 0.222 e. The Bertz CT molecular complexity index is 1780. The molecular weight excluding hydrogens is 478 g/mol. The van der Waals surface area contributed by atoms with Crippen LogP contribution in [-0.2, 0) is 19.9 Å². The fraction of sp³-hybridized carbons (Fsp3) is 0.361. The van der Waals surface area contributed by atoms with Crippen molar-refractivity contribution in [2.45, 2.75) is 78.0 Å². The molecule has 2 heteroatoms. The molecule has 6 rings (SSSR count). The van der Waals surface area contributed by atoms with Crippen LogP contribution in [-0.4, -0.2) is 0 Å². The van der Waals surface area contributed by atoms with E-state index in [9.17, 15) is 0 Å². The molecule has 0 amide bonds. The van der Waals surface area contributed by atoms with Gasteiger partial charge in [0.1, 0.15) is 7.05 Å². The summed E-state index contributed by atoms with van der Waals surface area (Å²) in [4.78, 5) is 2.85. The van der Waals surface area contributed by atoms with Gasteiger partial charge in [-0.2, -0.15) is 0 Å². The van der Waals surface area contributed by atoms with Crippen molar-refractivity contribution in [2.75, 3.05) is 0 Å². The fourth-order valence-electron chi connectivity index (χ4n) is 6.58. The summed E-state index contributed by atoms with van der Waals surface area (Å²) in [5.41, 5.74) is 8.95.